The van der Waals surface area contributed by atoms with E-state index in [2.05, 4.69) is 4.90 Å². The molecule has 1 heterocycles. The van der Waals surface area contributed by atoms with Crippen molar-refractivity contribution in [3.63, 3.8) is 0 Å². The minimum atomic E-state index is -3.97. The van der Waals surface area contributed by atoms with Crippen LogP contribution >= 0.6 is 11.6 Å². The normalized spacial score (nSPS) is 14.0. The standard InChI is InChI=1S/C26H28ClN3O4S/c1-20-18-21(27)12-13-23(20)30(35(32,33)22-8-4-3-5-9-22)19-26(31)29-16-14-28(15-17-29)24-10-6-7-11-25(24)34-2/h3-13,18H,14-17,19H2,1-2H3. The van der Waals surface area contributed by atoms with Crippen LogP contribution in [0.1, 0.15) is 5.56 Å². The summed E-state index contributed by atoms with van der Waals surface area (Å²) in [5, 5.41) is 0.502. The van der Waals surface area contributed by atoms with Gasteiger partial charge >= 0.3 is 0 Å². The summed E-state index contributed by atoms with van der Waals surface area (Å²) in [5.74, 6) is 0.532. The second-order valence-corrected chi connectivity index (χ2v) is 10.6. The van der Waals surface area contributed by atoms with Crippen LogP contribution in [0.5, 0.6) is 5.75 Å². The first-order valence-electron chi connectivity index (χ1n) is 11.3. The molecule has 184 valence electrons. The first-order valence-corrected chi connectivity index (χ1v) is 13.1. The molecule has 0 N–H and O–H groups in total. The maximum absolute atomic E-state index is 13.6. The van der Waals surface area contributed by atoms with Gasteiger partial charge in [-0.15, -0.1) is 0 Å². The fourth-order valence-electron chi connectivity index (χ4n) is 4.23. The van der Waals surface area contributed by atoms with Gasteiger partial charge in [0.05, 0.1) is 23.4 Å². The van der Waals surface area contributed by atoms with Gasteiger partial charge in [-0.05, 0) is 55.0 Å². The molecule has 0 saturated carbocycles. The summed E-state index contributed by atoms with van der Waals surface area (Å²) in [5.41, 5.74) is 2.08. The summed E-state index contributed by atoms with van der Waals surface area (Å²) in [6, 6.07) is 20.9. The average Bonchev–Trinajstić information content (AvgIpc) is 2.88. The summed E-state index contributed by atoms with van der Waals surface area (Å²) < 4.78 is 33.8. The number of rotatable bonds is 7. The summed E-state index contributed by atoms with van der Waals surface area (Å²) >= 11 is 6.11. The number of nitrogens with zero attached hydrogens (tertiary/aromatic N) is 3. The number of piperazine rings is 1. The number of carbonyl (C=O) groups excluding carboxylic acids is 1. The molecular weight excluding hydrogens is 486 g/mol. The highest BCUT2D eigenvalue weighted by Crippen LogP contribution is 2.30. The van der Waals surface area contributed by atoms with Gasteiger partial charge in [-0.25, -0.2) is 8.42 Å². The van der Waals surface area contributed by atoms with E-state index >= 15 is 0 Å². The van der Waals surface area contributed by atoms with E-state index < -0.39 is 10.0 Å². The summed E-state index contributed by atoms with van der Waals surface area (Å²) in [6.07, 6.45) is 0. The predicted octanol–water partition coefficient (Wildman–Crippen LogP) is 4.20. The summed E-state index contributed by atoms with van der Waals surface area (Å²) in [4.78, 5) is 17.4. The number of carbonyl (C=O) groups is 1. The van der Waals surface area contributed by atoms with Crippen LogP contribution in [0.25, 0.3) is 0 Å². The van der Waals surface area contributed by atoms with Crippen LogP contribution in [0.15, 0.2) is 77.7 Å². The third-order valence-electron chi connectivity index (χ3n) is 6.10. The van der Waals surface area contributed by atoms with Gasteiger partial charge in [0.1, 0.15) is 12.3 Å². The van der Waals surface area contributed by atoms with Gasteiger partial charge in [-0.2, -0.15) is 0 Å². The lowest BCUT2D eigenvalue weighted by Crippen LogP contribution is -2.52. The Labute approximate surface area is 211 Å². The number of aryl methyl sites for hydroxylation is 1. The molecule has 9 heteroatoms. The molecule has 0 spiro atoms. The predicted molar refractivity (Wildman–Crippen MR) is 139 cm³/mol. The number of anilines is 2. The molecule has 1 aliphatic rings. The average molecular weight is 514 g/mol. The van der Waals surface area contributed by atoms with Gasteiger partial charge in [0, 0.05) is 31.2 Å². The van der Waals surface area contributed by atoms with Gasteiger partial charge in [0.25, 0.3) is 10.0 Å². The number of para-hydroxylation sites is 2. The molecule has 3 aromatic carbocycles. The van der Waals surface area contributed by atoms with Crippen molar-refractivity contribution in [1.82, 2.24) is 4.90 Å². The minimum absolute atomic E-state index is 0.128. The number of hydrogen-bond acceptors (Lipinski definition) is 5. The second kappa shape index (κ2) is 10.6. The van der Waals surface area contributed by atoms with E-state index in [9.17, 15) is 13.2 Å². The van der Waals surface area contributed by atoms with E-state index in [1.54, 1.807) is 55.3 Å². The lowest BCUT2D eigenvalue weighted by Gasteiger charge is -2.37. The smallest absolute Gasteiger partial charge is 0.264 e. The largest absolute Gasteiger partial charge is 0.495 e. The lowest BCUT2D eigenvalue weighted by molar-refractivity contribution is -0.129. The van der Waals surface area contributed by atoms with E-state index in [-0.39, 0.29) is 17.3 Å². The molecule has 0 aromatic heterocycles. The fourth-order valence-corrected chi connectivity index (χ4v) is 5.96. The van der Waals surface area contributed by atoms with Crippen molar-refractivity contribution in [2.45, 2.75) is 11.8 Å². The third kappa shape index (κ3) is 5.39. The van der Waals surface area contributed by atoms with Crippen molar-refractivity contribution in [3.05, 3.63) is 83.4 Å². The molecule has 0 unspecified atom stereocenters. The summed E-state index contributed by atoms with van der Waals surface area (Å²) in [7, 11) is -2.33. The highest BCUT2D eigenvalue weighted by molar-refractivity contribution is 7.92. The number of halogens is 1. The number of hydrogen-bond donors (Lipinski definition) is 0. The number of ether oxygens (including phenoxy) is 1. The molecule has 3 aromatic rings. The SMILES string of the molecule is COc1ccccc1N1CCN(C(=O)CN(c2ccc(Cl)cc2C)S(=O)(=O)c2ccccc2)CC1. The minimum Gasteiger partial charge on any atom is -0.495 e. The molecule has 0 radical (unpaired) electrons. The quantitative estimate of drug-likeness (QED) is 0.473. The Morgan fingerprint density at radius 3 is 2.29 bits per heavy atom. The third-order valence-corrected chi connectivity index (χ3v) is 8.10. The lowest BCUT2D eigenvalue weighted by atomic mass is 10.2. The number of amides is 1. The topological polar surface area (TPSA) is 70.2 Å². The molecule has 1 fully saturated rings. The van der Waals surface area contributed by atoms with Crippen LogP contribution in [0.3, 0.4) is 0 Å². The fraction of sp³-hybridized carbons (Fsp3) is 0.269. The molecule has 0 bridgehead atoms. The monoisotopic (exact) mass is 513 g/mol. The number of sulfonamides is 1. The zero-order valence-corrected chi connectivity index (χ0v) is 21.3. The molecular formula is C26H28ClN3O4S. The van der Waals surface area contributed by atoms with Crippen LogP contribution in [0, 0.1) is 6.92 Å². The van der Waals surface area contributed by atoms with E-state index in [0.717, 1.165) is 11.4 Å². The van der Waals surface area contributed by atoms with Gasteiger partial charge in [0.15, 0.2) is 0 Å². The van der Waals surface area contributed by atoms with Crippen molar-refractivity contribution >= 4 is 38.9 Å². The highest BCUT2D eigenvalue weighted by atomic mass is 35.5. The second-order valence-electron chi connectivity index (χ2n) is 8.30. The van der Waals surface area contributed by atoms with Crippen LogP contribution in [-0.4, -0.2) is 59.1 Å². The van der Waals surface area contributed by atoms with Crippen LogP contribution in [-0.2, 0) is 14.8 Å². The number of methoxy groups -OCH3 is 1. The van der Waals surface area contributed by atoms with Gasteiger partial charge in [0.2, 0.25) is 5.91 Å². The van der Waals surface area contributed by atoms with Crippen molar-refractivity contribution < 1.29 is 17.9 Å². The molecule has 35 heavy (non-hydrogen) atoms. The van der Waals surface area contributed by atoms with E-state index in [1.165, 1.54) is 16.4 Å². The highest BCUT2D eigenvalue weighted by Gasteiger charge is 2.31. The van der Waals surface area contributed by atoms with E-state index in [0.29, 0.717) is 42.5 Å². The Balaban J connectivity index is 1.55. The first-order chi connectivity index (χ1) is 16.8. The van der Waals surface area contributed by atoms with E-state index in [4.69, 9.17) is 16.3 Å². The molecule has 1 saturated heterocycles. The van der Waals surface area contributed by atoms with E-state index in [1.807, 2.05) is 24.3 Å². The van der Waals surface area contributed by atoms with Crippen LogP contribution in [0.4, 0.5) is 11.4 Å². The molecule has 7 nitrogen and oxygen atoms in total. The Bertz CT molecular complexity index is 1290. The number of benzene rings is 3. The Hall–Kier alpha value is -3.23. The maximum atomic E-state index is 13.6. The van der Waals surface area contributed by atoms with Crippen molar-refractivity contribution in [3.8, 4) is 5.75 Å². The zero-order valence-electron chi connectivity index (χ0n) is 19.7. The van der Waals surface area contributed by atoms with Gasteiger partial charge in [-0.3, -0.25) is 9.10 Å². The van der Waals surface area contributed by atoms with Crippen molar-refractivity contribution in [2.24, 2.45) is 0 Å². The molecule has 1 amide bonds. The molecule has 0 aliphatic carbocycles. The molecule has 1 aliphatic heterocycles. The Morgan fingerprint density at radius 1 is 0.971 bits per heavy atom. The Kier molecular flexibility index (Phi) is 7.52. The maximum Gasteiger partial charge on any atom is 0.264 e. The van der Waals surface area contributed by atoms with Gasteiger partial charge in [-0.1, -0.05) is 41.9 Å². The van der Waals surface area contributed by atoms with Crippen molar-refractivity contribution in [1.29, 1.82) is 0 Å². The Morgan fingerprint density at radius 2 is 1.63 bits per heavy atom. The molecule has 0 atom stereocenters. The zero-order chi connectivity index (χ0) is 25.0. The van der Waals surface area contributed by atoms with Gasteiger partial charge < -0.3 is 14.5 Å². The first kappa shape index (κ1) is 24.9. The summed E-state index contributed by atoms with van der Waals surface area (Å²) in [6.45, 7) is 3.69. The molecule has 4 rings (SSSR count). The van der Waals surface area contributed by atoms with Crippen LogP contribution < -0.4 is 13.9 Å². The van der Waals surface area contributed by atoms with Crippen LogP contribution in [0.2, 0.25) is 5.02 Å². The van der Waals surface area contributed by atoms with Crippen molar-refractivity contribution in [2.75, 3.05) is 49.0 Å².